The van der Waals surface area contributed by atoms with Gasteiger partial charge in [-0.3, -0.25) is 0 Å². The molecule has 0 N–H and O–H groups in total. The van der Waals surface area contributed by atoms with Crippen LogP contribution in [0.25, 0.3) is 49.4 Å². The van der Waals surface area contributed by atoms with Crippen molar-refractivity contribution in [1.29, 1.82) is 0 Å². The van der Waals surface area contributed by atoms with Crippen molar-refractivity contribution in [1.82, 2.24) is 4.57 Å². The Kier molecular flexibility index (Phi) is 5.30. The molecular weight excluding hydrogens is 520 g/mol. The molecule has 1 aliphatic heterocycles. The second-order valence-corrected chi connectivity index (χ2v) is 11.4. The summed E-state index contributed by atoms with van der Waals surface area (Å²) in [4.78, 5) is 2.46. The third-order valence-corrected chi connectivity index (χ3v) is 8.95. The molecule has 202 valence electrons. The molecule has 2 heterocycles. The van der Waals surface area contributed by atoms with Gasteiger partial charge in [0.2, 0.25) is 0 Å². The van der Waals surface area contributed by atoms with Gasteiger partial charge in [0.15, 0.2) is 0 Å². The molecule has 9 rings (SSSR count). The van der Waals surface area contributed by atoms with E-state index in [1.165, 1.54) is 66.2 Å². The average Bonchev–Trinajstić information content (AvgIpc) is 3.41. The fourth-order valence-electron chi connectivity index (χ4n) is 7.06. The summed E-state index contributed by atoms with van der Waals surface area (Å²) in [6.07, 6.45) is 0.936. The fraction of sp³-hybridized carbons (Fsp3) is 0.0244. The summed E-state index contributed by atoms with van der Waals surface area (Å²) in [5.41, 5.74) is 12.3. The first-order valence-electron chi connectivity index (χ1n) is 14.9. The Balaban J connectivity index is 1.39. The molecule has 0 spiro atoms. The number of anilines is 3. The minimum absolute atomic E-state index is 0.936. The van der Waals surface area contributed by atoms with Crippen molar-refractivity contribution < 1.29 is 0 Å². The van der Waals surface area contributed by atoms with Crippen LogP contribution in [-0.2, 0) is 6.42 Å². The van der Waals surface area contributed by atoms with E-state index in [2.05, 4.69) is 167 Å². The molecule has 1 aliphatic rings. The van der Waals surface area contributed by atoms with Crippen molar-refractivity contribution in [2.45, 2.75) is 6.42 Å². The first kappa shape index (κ1) is 24.0. The van der Waals surface area contributed by atoms with Crippen LogP contribution in [-0.4, -0.2) is 4.57 Å². The first-order valence-corrected chi connectivity index (χ1v) is 14.9. The smallest absolute Gasteiger partial charge is 0.0541 e. The zero-order valence-electron chi connectivity index (χ0n) is 23.6. The molecule has 0 amide bonds. The molecule has 8 aromatic rings. The highest BCUT2D eigenvalue weighted by Gasteiger charge is 2.25. The summed E-state index contributed by atoms with van der Waals surface area (Å²) >= 11 is 0. The lowest BCUT2D eigenvalue weighted by atomic mass is 9.93. The van der Waals surface area contributed by atoms with Gasteiger partial charge in [0.1, 0.15) is 0 Å². The van der Waals surface area contributed by atoms with Gasteiger partial charge in [0, 0.05) is 39.9 Å². The van der Waals surface area contributed by atoms with Gasteiger partial charge in [0.25, 0.3) is 0 Å². The van der Waals surface area contributed by atoms with Crippen LogP contribution in [0.5, 0.6) is 0 Å². The van der Waals surface area contributed by atoms with E-state index in [1.54, 1.807) is 0 Å². The van der Waals surface area contributed by atoms with E-state index < -0.39 is 0 Å². The maximum atomic E-state index is 2.46. The van der Waals surface area contributed by atoms with Gasteiger partial charge in [-0.05, 0) is 75.5 Å². The molecule has 0 saturated carbocycles. The van der Waals surface area contributed by atoms with Crippen molar-refractivity contribution in [2.24, 2.45) is 0 Å². The van der Waals surface area contributed by atoms with Crippen LogP contribution in [0.2, 0.25) is 0 Å². The van der Waals surface area contributed by atoms with Crippen molar-refractivity contribution in [2.75, 3.05) is 4.90 Å². The lowest BCUT2D eigenvalue weighted by molar-refractivity contribution is 1.08. The SMILES string of the molecule is c1ccc2c(c1)Cc1ccccc1N2c1cc(-c2cccc3ccccc23)cc(-n2c3ccccc3c3ccccc32)c1. The Morgan fingerprint density at radius 2 is 0.953 bits per heavy atom. The van der Waals surface area contributed by atoms with Crippen LogP contribution in [0.3, 0.4) is 0 Å². The number of hydrogen-bond acceptors (Lipinski definition) is 1. The van der Waals surface area contributed by atoms with Gasteiger partial charge in [-0.1, -0.05) is 115 Å². The van der Waals surface area contributed by atoms with E-state index in [9.17, 15) is 0 Å². The average molecular weight is 549 g/mol. The van der Waals surface area contributed by atoms with E-state index in [4.69, 9.17) is 0 Å². The topological polar surface area (TPSA) is 8.17 Å². The highest BCUT2D eigenvalue weighted by molar-refractivity contribution is 6.09. The largest absolute Gasteiger partial charge is 0.310 e. The number of nitrogens with zero attached hydrogens (tertiary/aromatic N) is 2. The maximum absolute atomic E-state index is 2.46. The molecule has 43 heavy (non-hydrogen) atoms. The zero-order chi connectivity index (χ0) is 28.3. The van der Waals surface area contributed by atoms with Crippen molar-refractivity contribution in [3.05, 3.63) is 169 Å². The predicted octanol–water partition coefficient (Wildman–Crippen LogP) is 11.0. The second kappa shape index (κ2) is 9.47. The fourth-order valence-corrected chi connectivity index (χ4v) is 7.06. The van der Waals surface area contributed by atoms with Crippen LogP contribution in [0.4, 0.5) is 17.1 Å². The second-order valence-electron chi connectivity index (χ2n) is 11.4. The monoisotopic (exact) mass is 548 g/mol. The summed E-state index contributed by atoms with van der Waals surface area (Å²) in [6, 6.07) is 57.6. The first-order chi connectivity index (χ1) is 21.3. The van der Waals surface area contributed by atoms with Crippen LogP contribution < -0.4 is 4.90 Å². The molecule has 0 unspecified atom stereocenters. The Hall–Kier alpha value is -5.60. The van der Waals surface area contributed by atoms with Crippen molar-refractivity contribution in [3.63, 3.8) is 0 Å². The highest BCUT2D eigenvalue weighted by atomic mass is 15.2. The Labute approximate surface area is 250 Å². The van der Waals surface area contributed by atoms with E-state index >= 15 is 0 Å². The molecule has 1 aromatic heterocycles. The predicted molar refractivity (Wildman–Crippen MR) is 181 cm³/mol. The Morgan fingerprint density at radius 1 is 0.419 bits per heavy atom. The van der Waals surface area contributed by atoms with Crippen LogP contribution >= 0.6 is 0 Å². The lowest BCUT2D eigenvalue weighted by Crippen LogP contribution is -2.18. The van der Waals surface area contributed by atoms with E-state index in [0.717, 1.165) is 17.8 Å². The Morgan fingerprint density at radius 3 is 1.65 bits per heavy atom. The van der Waals surface area contributed by atoms with Gasteiger partial charge >= 0.3 is 0 Å². The summed E-state index contributed by atoms with van der Waals surface area (Å²) in [5.74, 6) is 0. The van der Waals surface area contributed by atoms with Crippen LogP contribution in [0, 0.1) is 0 Å². The Bertz CT molecular complexity index is 2240. The molecule has 7 aromatic carbocycles. The van der Waals surface area contributed by atoms with Gasteiger partial charge in [0.05, 0.1) is 11.0 Å². The molecular formula is C41H28N2. The van der Waals surface area contributed by atoms with Gasteiger partial charge in [-0.15, -0.1) is 0 Å². The highest BCUT2D eigenvalue weighted by Crippen LogP contribution is 2.46. The number of benzene rings is 7. The normalized spacial score (nSPS) is 12.5. The summed E-state index contributed by atoms with van der Waals surface area (Å²) in [7, 11) is 0. The third-order valence-electron chi connectivity index (χ3n) is 8.95. The maximum Gasteiger partial charge on any atom is 0.0541 e. The molecule has 0 saturated heterocycles. The zero-order valence-corrected chi connectivity index (χ0v) is 23.6. The molecule has 0 radical (unpaired) electrons. The third kappa shape index (κ3) is 3.73. The van der Waals surface area contributed by atoms with Gasteiger partial charge in [-0.2, -0.15) is 0 Å². The molecule has 2 nitrogen and oxygen atoms in total. The number of rotatable bonds is 3. The summed E-state index contributed by atoms with van der Waals surface area (Å²) in [5, 5.41) is 5.04. The molecule has 0 bridgehead atoms. The summed E-state index contributed by atoms with van der Waals surface area (Å²) < 4.78 is 2.44. The standard InChI is InChI=1S/C41H28N2/c1-4-16-34-28(12-1)15-11-19-35(34)31-25-32(42-38-20-7-2-13-29(38)24-30-14-3-8-21-39(30)42)27-33(26-31)43-40-22-9-5-17-36(40)37-18-6-10-23-41(37)43/h1-23,25-27H,24H2. The lowest BCUT2D eigenvalue weighted by Gasteiger charge is -2.34. The molecule has 0 fully saturated rings. The number of hydrogen-bond donors (Lipinski definition) is 0. The summed E-state index contributed by atoms with van der Waals surface area (Å²) in [6.45, 7) is 0. The van der Waals surface area contributed by atoms with Gasteiger partial charge in [-0.25, -0.2) is 0 Å². The van der Waals surface area contributed by atoms with Gasteiger partial charge < -0.3 is 9.47 Å². The van der Waals surface area contributed by atoms with E-state index in [-0.39, 0.29) is 0 Å². The van der Waals surface area contributed by atoms with Crippen LogP contribution in [0.1, 0.15) is 11.1 Å². The number of fused-ring (bicyclic) bond motifs is 6. The number of aromatic nitrogens is 1. The molecule has 0 atom stereocenters. The quantitative estimate of drug-likeness (QED) is 0.213. The number of para-hydroxylation sites is 4. The van der Waals surface area contributed by atoms with Crippen molar-refractivity contribution >= 4 is 49.6 Å². The van der Waals surface area contributed by atoms with Crippen molar-refractivity contribution in [3.8, 4) is 16.8 Å². The van der Waals surface area contributed by atoms with E-state index in [0.29, 0.717) is 0 Å². The molecule has 2 heteroatoms. The minimum Gasteiger partial charge on any atom is -0.310 e. The van der Waals surface area contributed by atoms with Crippen LogP contribution in [0.15, 0.2) is 158 Å². The molecule has 0 aliphatic carbocycles. The minimum atomic E-state index is 0.936. The van der Waals surface area contributed by atoms with E-state index in [1.807, 2.05) is 0 Å².